The van der Waals surface area contributed by atoms with E-state index in [1.165, 1.54) is 18.2 Å². The first kappa shape index (κ1) is 19.0. The number of rotatable bonds is 7. The molecular weight excluding hydrogens is 357 g/mol. The zero-order valence-electron chi connectivity index (χ0n) is 14.3. The monoisotopic (exact) mass is 379 g/mol. The molecule has 1 N–H and O–H groups in total. The van der Waals surface area contributed by atoms with Crippen molar-refractivity contribution in [3.05, 3.63) is 71.5 Å². The summed E-state index contributed by atoms with van der Waals surface area (Å²) < 4.78 is 52.6. The molecule has 3 rings (SSSR count). The van der Waals surface area contributed by atoms with Crippen LogP contribution in [-0.2, 0) is 31.9 Å². The third kappa shape index (κ3) is 5.35. The largest absolute Gasteiger partial charge is 0.380 e. The fourth-order valence-electron chi connectivity index (χ4n) is 2.90. The normalized spacial score (nSPS) is 20.8. The molecule has 0 amide bonds. The van der Waals surface area contributed by atoms with Crippen LogP contribution in [0.1, 0.15) is 17.5 Å². The van der Waals surface area contributed by atoms with Gasteiger partial charge in [-0.05, 0) is 18.1 Å². The van der Waals surface area contributed by atoms with Gasteiger partial charge in [0, 0.05) is 12.2 Å². The molecule has 7 heteroatoms. The number of nitrogens with one attached hydrogen (secondary N) is 1. The SMILES string of the molecule is O=S(=O)(Cc1ccccc1F)N[C@@H]1COCC[C@@H]1OCc1ccccc1. The summed E-state index contributed by atoms with van der Waals surface area (Å²) >= 11 is 0. The van der Waals surface area contributed by atoms with Crippen molar-refractivity contribution in [2.45, 2.75) is 30.9 Å². The summed E-state index contributed by atoms with van der Waals surface area (Å²) in [6.45, 7) is 1.15. The molecule has 2 aromatic carbocycles. The van der Waals surface area contributed by atoms with Gasteiger partial charge in [-0.1, -0.05) is 48.5 Å². The minimum absolute atomic E-state index is 0.137. The van der Waals surface area contributed by atoms with Crippen molar-refractivity contribution in [2.75, 3.05) is 13.2 Å². The van der Waals surface area contributed by atoms with Gasteiger partial charge < -0.3 is 9.47 Å². The summed E-state index contributed by atoms with van der Waals surface area (Å²) in [6.07, 6.45) is 0.305. The summed E-state index contributed by atoms with van der Waals surface area (Å²) in [5.74, 6) is -0.948. The van der Waals surface area contributed by atoms with E-state index in [4.69, 9.17) is 9.47 Å². The van der Waals surface area contributed by atoms with Crippen LogP contribution in [0.25, 0.3) is 0 Å². The molecule has 0 saturated carbocycles. The topological polar surface area (TPSA) is 64.6 Å². The highest BCUT2D eigenvalue weighted by Crippen LogP contribution is 2.17. The van der Waals surface area contributed by atoms with Gasteiger partial charge in [0.25, 0.3) is 0 Å². The number of benzene rings is 2. The van der Waals surface area contributed by atoms with E-state index in [0.29, 0.717) is 19.6 Å². The Labute approximate surface area is 153 Å². The smallest absolute Gasteiger partial charge is 0.216 e. The van der Waals surface area contributed by atoms with Crippen molar-refractivity contribution in [1.29, 1.82) is 0 Å². The lowest BCUT2D eigenvalue weighted by Gasteiger charge is -2.32. The van der Waals surface area contributed by atoms with Crippen molar-refractivity contribution in [3.8, 4) is 0 Å². The molecule has 140 valence electrons. The maximum absolute atomic E-state index is 13.7. The van der Waals surface area contributed by atoms with Crippen LogP contribution < -0.4 is 4.72 Å². The summed E-state index contributed by atoms with van der Waals surface area (Å²) in [5, 5.41) is 0. The Bertz CT molecular complexity index is 813. The van der Waals surface area contributed by atoms with E-state index in [1.807, 2.05) is 30.3 Å². The average molecular weight is 379 g/mol. The highest BCUT2D eigenvalue weighted by atomic mass is 32.2. The maximum Gasteiger partial charge on any atom is 0.216 e. The predicted molar refractivity (Wildman–Crippen MR) is 96.4 cm³/mol. The van der Waals surface area contributed by atoms with Gasteiger partial charge in [0.2, 0.25) is 10.0 Å². The number of sulfonamides is 1. The summed E-state index contributed by atoms with van der Waals surface area (Å²) in [4.78, 5) is 0. The Morgan fingerprint density at radius 3 is 2.62 bits per heavy atom. The second kappa shape index (κ2) is 8.73. The fraction of sp³-hybridized carbons (Fsp3) is 0.368. The quantitative estimate of drug-likeness (QED) is 0.803. The number of hydrogen-bond acceptors (Lipinski definition) is 4. The van der Waals surface area contributed by atoms with E-state index in [-0.39, 0.29) is 18.3 Å². The van der Waals surface area contributed by atoms with Gasteiger partial charge in [0.05, 0.1) is 31.1 Å². The van der Waals surface area contributed by atoms with Gasteiger partial charge in [-0.25, -0.2) is 17.5 Å². The first-order valence-electron chi connectivity index (χ1n) is 8.50. The Kier molecular flexibility index (Phi) is 6.37. The Morgan fingerprint density at radius 2 is 1.85 bits per heavy atom. The Morgan fingerprint density at radius 1 is 1.12 bits per heavy atom. The second-order valence-electron chi connectivity index (χ2n) is 6.27. The van der Waals surface area contributed by atoms with Gasteiger partial charge in [0.1, 0.15) is 5.82 Å². The van der Waals surface area contributed by atoms with E-state index in [1.54, 1.807) is 6.07 Å². The summed E-state index contributed by atoms with van der Waals surface area (Å²) in [7, 11) is -3.72. The maximum atomic E-state index is 13.7. The molecule has 0 aromatic heterocycles. The number of halogens is 1. The molecule has 0 aliphatic carbocycles. The fourth-order valence-corrected chi connectivity index (χ4v) is 4.31. The van der Waals surface area contributed by atoms with Gasteiger partial charge in [-0.2, -0.15) is 0 Å². The number of ether oxygens (including phenoxy) is 2. The molecular formula is C19H22FNO4S. The minimum atomic E-state index is -3.72. The summed E-state index contributed by atoms with van der Waals surface area (Å²) in [6, 6.07) is 15.1. The van der Waals surface area contributed by atoms with E-state index < -0.39 is 27.6 Å². The van der Waals surface area contributed by atoms with Crippen LogP contribution in [0.5, 0.6) is 0 Å². The second-order valence-corrected chi connectivity index (χ2v) is 8.03. The molecule has 1 fully saturated rings. The van der Waals surface area contributed by atoms with Crippen molar-refractivity contribution < 1.29 is 22.3 Å². The van der Waals surface area contributed by atoms with Gasteiger partial charge in [-0.15, -0.1) is 0 Å². The van der Waals surface area contributed by atoms with E-state index in [0.717, 1.165) is 5.56 Å². The van der Waals surface area contributed by atoms with Crippen LogP contribution in [0.15, 0.2) is 54.6 Å². The average Bonchev–Trinajstić information content (AvgIpc) is 2.63. The van der Waals surface area contributed by atoms with Crippen molar-refractivity contribution in [1.82, 2.24) is 4.72 Å². The van der Waals surface area contributed by atoms with Crippen LogP contribution in [0.2, 0.25) is 0 Å². The molecule has 5 nitrogen and oxygen atoms in total. The molecule has 0 unspecified atom stereocenters. The standard InChI is InChI=1S/C19H22FNO4S/c20-17-9-5-4-8-16(17)14-26(22,23)21-18-13-24-11-10-19(18)25-12-15-6-2-1-3-7-15/h1-9,18-19,21H,10-14H2/t18-,19+/m1/s1. The van der Waals surface area contributed by atoms with Crippen LogP contribution in [-0.4, -0.2) is 33.8 Å². The molecule has 0 radical (unpaired) electrons. The first-order valence-corrected chi connectivity index (χ1v) is 10.2. The molecule has 0 bridgehead atoms. The molecule has 0 spiro atoms. The van der Waals surface area contributed by atoms with Crippen molar-refractivity contribution >= 4 is 10.0 Å². The molecule has 1 saturated heterocycles. The highest BCUT2D eigenvalue weighted by molar-refractivity contribution is 7.88. The summed E-state index contributed by atoms with van der Waals surface area (Å²) in [5.41, 5.74) is 1.16. The van der Waals surface area contributed by atoms with Crippen LogP contribution in [0.3, 0.4) is 0 Å². The molecule has 2 atom stereocenters. The zero-order valence-corrected chi connectivity index (χ0v) is 15.1. The van der Waals surface area contributed by atoms with E-state index in [2.05, 4.69) is 4.72 Å². The number of hydrogen-bond donors (Lipinski definition) is 1. The lowest BCUT2D eigenvalue weighted by Crippen LogP contribution is -2.50. The Hall–Kier alpha value is -1.80. The predicted octanol–water partition coefficient (Wildman–Crippen LogP) is 2.62. The van der Waals surface area contributed by atoms with E-state index in [9.17, 15) is 12.8 Å². The zero-order chi connectivity index (χ0) is 18.4. The lowest BCUT2D eigenvalue weighted by molar-refractivity contribution is -0.0572. The lowest BCUT2D eigenvalue weighted by atomic mass is 10.1. The molecule has 2 aromatic rings. The van der Waals surface area contributed by atoms with Gasteiger partial charge >= 0.3 is 0 Å². The van der Waals surface area contributed by atoms with Crippen LogP contribution in [0.4, 0.5) is 4.39 Å². The molecule has 26 heavy (non-hydrogen) atoms. The third-order valence-electron chi connectivity index (χ3n) is 4.23. The van der Waals surface area contributed by atoms with Gasteiger partial charge in [-0.3, -0.25) is 0 Å². The van der Waals surface area contributed by atoms with Gasteiger partial charge in [0.15, 0.2) is 0 Å². The molecule has 1 heterocycles. The Balaban J connectivity index is 1.62. The van der Waals surface area contributed by atoms with Crippen LogP contribution >= 0.6 is 0 Å². The van der Waals surface area contributed by atoms with Crippen molar-refractivity contribution in [3.63, 3.8) is 0 Å². The van der Waals surface area contributed by atoms with Crippen molar-refractivity contribution in [2.24, 2.45) is 0 Å². The molecule has 1 aliphatic heterocycles. The minimum Gasteiger partial charge on any atom is -0.380 e. The molecule has 1 aliphatic rings. The third-order valence-corrected chi connectivity index (χ3v) is 5.59. The van der Waals surface area contributed by atoms with E-state index >= 15 is 0 Å². The highest BCUT2D eigenvalue weighted by Gasteiger charge is 2.30. The van der Waals surface area contributed by atoms with Crippen LogP contribution in [0, 0.1) is 5.82 Å². The first-order chi connectivity index (χ1) is 12.5.